The molecule has 4 aromatic rings. The number of hydrogen-bond acceptors (Lipinski definition) is 6. The van der Waals surface area contributed by atoms with Crippen molar-refractivity contribution in [1.29, 1.82) is 0 Å². The molecule has 8 heteroatoms. The van der Waals surface area contributed by atoms with Gasteiger partial charge in [-0.2, -0.15) is 5.10 Å². The van der Waals surface area contributed by atoms with E-state index in [2.05, 4.69) is 20.2 Å². The van der Waals surface area contributed by atoms with Gasteiger partial charge in [0.15, 0.2) is 5.65 Å². The van der Waals surface area contributed by atoms with Crippen molar-refractivity contribution in [3.63, 3.8) is 0 Å². The van der Waals surface area contributed by atoms with Crippen molar-refractivity contribution in [1.82, 2.24) is 19.6 Å². The number of pyridine rings is 1. The highest BCUT2D eigenvalue weighted by Crippen LogP contribution is 2.29. The second-order valence-electron chi connectivity index (χ2n) is 6.70. The summed E-state index contributed by atoms with van der Waals surface area (Å²) in [5.41, 5.74) is 3.75. The van der Waals surface area contributed by atoms with Gasteiger partial charge in [-0.3, -0.25) is 4.98 Å². The minimum Gasteiger partial charge on any atom is -0.393 e. The maximum atomic E-state index is 14.8. The summed E-state index contributed by atoms with van der Waals surface area (Å²) >= 11 is 0. The lowest BCUT2D eigenvalue weighted by atomic mass is 9.96. The fraction of sp³-hybridized carbons (Fsp3) is 0.238. The number of nitrogens with zero attached hydrogens (tertiary/aromatic N) is 5. The van der Waals surface area contributed by atoms with E-state index in [1.165, 1.54) is 6.07 Å². The quantitative estimate of drug-likeness (QED) is 0.309. The Balaban J connectivity index is 1.75. The van der Waals surface area contributed by atoms with Crippen LogP contribution in [0.15, 0.2) is 53.9 Å². The lowest BCUT2D eigenvalue weighted by Gasteiger charge is -2.14. The van der Waals surface area contributed by atoms with Gasteiger partial charge in [0.1, 0.15) is 23.8 Å². The highest BCUT2D eigenvalue weighted by molar-refractivity contribution is 5.96. The lowest BCUT2D eigenvalue weighted by molar-refractivity contribution is 0.0986. The molecule has 0 aliphatic carbocycles. The highest BCUT2D eigenvalue weighted by atomic mass is 19.1. The van der Waals surface area contributed by atoms with E-state index in [0.717, 1.165) is 11.1 Å². The molecule has 0 aliphatic rings. The number of hydrogen-bond donors (Lipinski definition) is 1. The molecule has 0 spiro atoms. The van der Waals surface area contributed by atoms with Crippen LogP contribution in [0.3, 0.4) is 0 Å². The smallest absolute Gasteiger partial charge is 0.153 e. The molecule has 3 aromatic heterocycles. The van der Waals surface area contributed by atoms with Gasteiger partial charge in [0.2, 0.25) is 0 Å². The monoisotopic (exact) mass is 393 g/mol. The van der Waals surface area contributed by atoms with Gasteiger partial charge in [0, 0.05) is 23.6 Å². The number of benzene rings is 1. The molecule has 7 nitrogen and oxygen atoms in total. The van der Waals surface area contributed by atoms with Crippen molar-refractivity contribution in [3.05, 3.63) is 71.6 Å². The summed E-state index contributed by atoms with van der Waals surface area (Å²) in [7, 11) is 0. The average molecular weight is 393 g/mol. The molecule has 0 fully saturated rings. The molecule has 0 radical (unpaired) electrons. The maximum Gasteiger partial charge on any atom is 0.153 e. The number of oxime groups is 1. The largest absolute Gasteiger partial charge is 0.393 e. The molecule has 0 amide bonds. The maximum absolute atomic E-state index is 14.8. The van der Waals surface area contributed by atoms with Crippen LogP contribution in [0.5, 0.6) is 0 Å². The average Bonchev–Trinajstić information content (AvgIpc) is 3.16. The van der Waals surface area contributed by atoms with Gasteiger partial charge in [-0.1, -0.05) is 18.1 Å². The van der Waals surface area contributed by atoms with Gasteiger partial charge in [-0.05, 0) is 36.8 Å². The molecule has 0 saturated carbocycles. The minimum atomic E-state index is -0.315. The van der Waals surface area contributed by atoms with Crippen LogP contribution in [0.25, 0.3) is 16.6 Å². The summed E-state index contributed by atoms with van der Waals surface area (Å²) in [6.07, 6.45) is 3.35. The van der Waals surface area contributed by atoms with Crippen LogP contribution in [0, 0.1) is 5.82 Å². The molecule has 1 atom stereocenters. The third-order valence-electron chi connectivity index (χ3n) is 4.78. The van der Waals surface area contributed by atoms with Crippen LogP contribution in [0.4, 0.5) is 4.39 Å². The van der Waals surface area contributed by atoms with Gasteiger partial charge in [-0.25, -0.2) is 13.9 Å². The Kier molecular flexibility index (Phi) is 5.18. The molecular formula is C21H20FN5O2. The standard InChI is InChI=1S/C21H20FN5O2/c1-13(16-10-15-4-3-7-23-19(15)11-17(16)22)20-12-24-21-6-5-18(25-27(20)21)14(2)26-29-9-8-28/h3-7,10-13,28H,8-9H2,1-2H3/t13-/m1/s1. The number of halogens is 1. The number of imidazole rings is 1. The van der Waals surface area contributed by atoms with E-state index in [1.54, 1.807) is 29.9 Å². The molecule has 0 unspecified atom stereocenters. The van der Waals surface area contributed by atoms with Crippen molar-refractivity contribution in [2.75, 3.05) is 13.2 Å². The molecular weight excluding hydrogens is 373 g/mol. The van der Waals surface area contributed by atoms with Crippen LogP contribution in [0.1, 0.15) is 36.7 Å². The first-order valence-electron chi connectivity index (χ1n) is 9.25. The Morgan fingerprint density at radius 3 is 2.97 bits per heavy atom. The molecule has 29 heavy (non-hydrogen) atoms. The molecule has 0 bridgehead atoms. The van der Waals surface area contributed by atoms with Crippen LogP contribution >= 0.6 is 0 Å². The first-order valence-corrected chi connectivity index (χ1v) is 9.25. The van der Waals surface area contributed by atoms with Crippen molar-refractivity contribution in [2.45, 2.75) is 19.8 Å². The normalized spacial score (nSPS) is 13.2. The van der Waals surface area contributed by atoms with Gasteiger partial charge in [-0.15, -0.1) is 0 Å². The summed E-state index contributed by atoms with van der Waals surface area (Å²) in [5.74, 6) is -0.592. The predicted octanol–water partition coefficient (Wildman–Crippen LogP) is 3.30. The van der Waals surface area contributed by atoms with Crippen molar-refractivity contribution in [3.8, 4) is 0 Å². The van der Waals surface area contributed by atoms with Gasteiger partial charge in [0.05, 0.1) is 24.0 Å². The Morgan fingerprint density at radius 2 is 2.14 bits per heavy atom. The first-order chi connectivity index (χ1) is 14.1. The van der Waals surface area contributed by atoms with Crippen LogP contribution in [-0.2, 0) is 4.84 Å². The Hall–Kier alpha value is -3.39. The number of aliphatic hydroxyl groups is 1. The Morgan fingerprint density at radius 1 is 1.28 bits per heavy atom. The van der Waals surface area contributed by atoms with Gasteiger partial charge in [0.25, 0.3) is 0 Å². The molecule has 148 valence electrons. The van der Waals surface area contributed by atoms with E-state index in [9.17, 15) is 4.39 Å². The minimum absolute atomic E-state index is 0.112. The topological polar surface area (TPSA) is 84.9 Å². The van der Waals surface area contributed by atoms with E-state index >= 15 is 0 Å². The highest BCUT2D eigenvalue weighted by Gasteiger charge is 2.19. The molecule has 4 rings (SSSR count). The van der Waals surface area contributed by atoms with E-state index in [4.69, 9.17) is 9.94 Å². The summed E-state index contributed by atoms with van der Waals surface area (Å²) in [4.78, 5) is 13.6. The van der Waals surface area contributed by atoms with Gasteiger partial charge >= 0.3 is 0 Å². The lowest BCUT2D eigenvalue weighted by Crippen LogP contribution is -2.09. The number of aromatic nitrogens is 4. The zero-order valence-electron chi connectivity index (χ0n) is 16.1. The molecule has 0 saturated heterocycles. The molecule has 1 aromatic carbocycles. The van der Waals surface area contributed by atoms with Crippen LogP contribution in [0.2, 0.25) is 0 Å². The fourth-order valence-electron chi connectivity index (χ4n) is 3.21. The second kappa shape index (κ2) is 7.92. The second-order valence-corrected chi connectivity index (χ2v) is 6.70. The fourth-order valence-corrected chi connectivity index (χ4v) is 3.21. The van der Waals surface area contributed by atoms with Crippen molar-refractivity contribution in [2.24, 2.45) is 5.16 Å². The van der Waals surface area contributed by atoms with E-state index in [0.29, 0.717) is 28.1 Å². The van der Waals surface area contributed by atoms with Crippen molar-refractivity contribution < 1.29 is 14.3 Å². The first kappa shape index (κ1) is 18.9. The predicted molar refractivity (Wildman–Crippen MR) is 107 cm³/mol. The third-order valence-corrected chi connectivity index (χ3v) is 4.78. The van der Waals surface area contributed by atoms with E-state index in [1.807, 2.05) is 31.2 Å². The molecule has 0 aliphatic heterocycles. The Bertz CT molecular complexity index is 1200. The van der Waals surface area contributed by atoms with Crippen molar-refractivity contribution >= 4 is 22.3 Å². The van der Waals surface area contributed by atoms with Crippen LogP contribution < -0.4 is 0 Å². The van der Waals surface area contributed by atoms with E-state index in [-0.39, 0.29) is 24.9 Å². The number of fused-ring (bicyclic) bond motifs is 2. The summed E-state index contributed by atoms with van der Waals surface area (Å²) < 4.78 is 16.5. The SMILES string of the molecule is CC(=NOCCO)c1ccc2ncc([C@H](C)c3cc4cccnc4cc3F)n2n1. The summed E-state index contributed by atoms with van der Waals surface area (Å²) in [5, 5.41) is 18.2. The number of rotatable bonds is 6. The van der Waals surface area contributed by atoms with Gasteiger partial charge < -0.3 is 9.94 Å². The third kappa shape index (κ3) is 3.66. The Labute approximate surface area is 166 Å². The van der Waals surface area contributed by atoms with E-state index < -0.39 is 0 Å². The zero-order chi connectivity index (χ0) is 20.4. The zero-order valence-corrected chi connectivity index (χ0v) is 16.1. The molecule has 1 N–H and O–H groups in total. The number of aliphatic hydroxyl groups excluding tert-OH is 1. The van der Waals surface area contributed by atoms with Crippen LogP contribution in [-0.4, -0.2) is 43.6 Å². The molecule has 3 heterocycles. The summed E-state index contributed by atoms with van der Waals surface area (Å²) in [6.45, 7) is 3.69. The summed E-state index contributed by atoms with van der Waals surface area (Å²) in [6, 6.07) is 10.6.